The van der Waals surface area contributed by atoms with Crippen molar-refractivity contribution in [2.75, 3.05) is 12.3 Å². The Balaban J connectivity index is 1.79. The second-order valence-electron chi connectivity index (χ2n) is 3.83. The number of aromatic amines is 1. The number of amides is 1. The molecular weight excluding hydrogens is 276 g/mol. The summed E-state index contributed by atoms with van der Waals surface area (Å²) < 4.78 is 0.468. The third kappa shape index (κ3) is 4.22. The first-order valence-corrected chi connectivity index (χ1v) is 7.30. The summed E-state index contributed by atoms with van der Waals surface area (Å²) in [5, 5.41) is 2.86. The smallest absolute Gasteiger partial charge is 0.254 e. The third-order valence-corrected chi connectivity index (χ3v) is 3.81. The van der Waals surface area contributed by atoms with E-state index in [1.165, 1.54) is 4.90 Å². The highest BCUT2D eigenvalue weighted by Crippen LogP contribution is 2.15. The summed E-state index contributed by atoms with van der Waals surface area (Å²) in [7, 11) is 0. The van der Waals surface area contributed by atoms with Crippen molar-refractivity contribution in [2.45, 2.75) is 4.90 Å². The number of H-pyrrole nitrogens is 1. The van der Waals surface area contributed by atoms with E-state index in [9.17, 15) is 4.79 Å². The molecule has 1 heterocycles. The first-order valence-electron chi connectivity index (χ1n) is 5.91. The molecule has 98 valence electrons. The molecule has 3 nitrogen and oxygen atoms in total. The Hall–Kier alpha value is -1.59. The second kappa shape index (κ2) is 7.11. The van der Waals surface area contributed by atoms with Gasteiger partial charge in [-0.2, -0.15) is 0 Å². The number of thioether (sulfide) groups is 1. The van der Waals surface area contributed by atoms with Crippen molar-refractivity contribution in [3.8, 4) is 0 Å². The quantitative estimate of drug-likeness (QED) is 0.505. The van der Waals surface area contributed by atoms with Crippen LogP contribution in [0.4, 0.5) is 0 Å². The molecular formula is C14H14N2OS2. The number of pyridine rings is 1. The summed E-state index contributed by atoms with van der Waals surface area (Å²) in [5.74, 6) is 0.703. The summed E-state index contributed by atoms with van der Waals surface area (Å²) in [4.78, 5) is 15.9. The van der Waals surface area contributed by atoms with E-state index in [0.717, 1.165) is 5.75 Å². The highest BCUT2D eigenvalue weighted by molar-refractivity contribution is 7.99. The SMILES string of the molecule is O=C(NCCSc1ccccc1)c1ccc[nH]c1=S. The molecule has 0 aliphatic rings. The van der Waals surface area contributed by atoms with Crippen LogP contribution in [0.2, 0.25) is 0 Å². The lowest BCUT2D eigenvalue weighted by atomic mass is 10.3. The third-order valence-electron chi connectivity index (χ3n) is 2.46. The standard InChI is InChI=1S/C14H14N2OS2/c17-13(12-7-4-8-16-14(12)18)15-9-10-19-11-5-2-1-3-6-11/h1-8H,9-10H2,(H,15,17)(H,16,18). The average Bonchev–Trinajstić information content (AvgIpc) is 2.45. The average molecular weight is 290 g/mol. The molecule has 0 radical (unpaired) electrons. The van der Waals surface area contributed by atoms with Gasteiger partial charge in [-0.25, -0.2) is 0 Å². The maximum Gasteiger partial charge on any atom is 0.254 e. The van der Waals surface area contributed by atoms with Crippen molar-refractivity contribution in [2.24, 2.45) is 0 Å². The molecule has 0 fully saturated rings. The van der Waals surface area contributed by atoms with Gasteiger partial charge in [0.1, 0.15) is 4.64 Å². The largest absolute Gasteiger partial charge is 0.352 e. The number of aromatic nitrogens is 1. The molecule has 5 heteroatoms. The lowest BCUT2D eigenvalue weighted by Gasteiger charge is -2.05. The maximum atomic E-state index is 11.9. The summed E-state index contributed by atoms with van der Waals surface area (Å²) in [6.45, 7) is 0.613. The molecule has 1 amide bonds. The monoisotopic (exact) mass is 290 g/mol. The van der Waals surface area contributed by atoms with Crippen LogP contribution in [0.25, 0.3) is 0 Å². The minimum absolute atomic E-state index is 0.129. The van der Waals surface area contributed by atoms with Crippen molar-refractivity contribution in [1.82, 2.24) is 10.3 Å². The van der Waals surface area contributed by atoms with Gasteiger partial charge in [-0.05, 0) is 24.3 Å². The van der Waals surface area contributed by atoms with E-state index in [2.05, 4.69) is 22.4 Å². The van der Waals surface area contributed by atoms with Crippen molar-refractivity contribution in [3.63, 3.8) is 0 Å². The Morgan fingerprint density at radius 3 is 2.74 bits per heavy atom. The Morgan fingerprint density at radius 2 is 2.00 bits per heavy atom. The van der Waals surface area contributed by atoms with Crippen molar-refractivity contribution in [3.05, 3.63) is 58.9 Å². The minimum atomic E-state index is -0.129. The zero-order valence-electron chi connectivity index (χ0n) is 10.3. The summed E-state index contributed by atoms with van der Waals surface area (Å²) in [5.41, 5.74) is 0.516. The van der Waals surface area contributed by atoms with Crippen LogP contribution < -0.4 is 5.32 Å². The van der Waals surface area contributed by atoms with Gasteiger partial charge in [-0.3, -0.25) is 4.79 Å². The van der Waals surface area contributed by atoms with Crippen molar-refractivity contribution in [1.29, 1.82) is 0 Å². The number of nitrogens with one attached hydrogen (secondary N) is 2. The van der Waals surface area contributed by atoms with Crippen molar-refractivity contribution >= 4 is 29.9 Å². The van der Waals surface area contributed by atoms with Crippen LogP contribution >= 0.6 is 24.0 Å². The molecule has 0 bridgehead atoms. The zero-order valence-corrected chi connectivity index (χ0v) is 11.9. The number of hydrogen-bond donors (Lipinski definition) is 2. The van der Waals surface area contributed by atoms with Crippen LogP contribution in [0, 0.1) is 4.64 Å². The highest BCUT2D eigenvalue weighted by Gasteiger charge is 2.06. The predicted molar refractivity (Wildman–Crippen MR) is 81.1 cm³/mol. The van der Waals surface area contributed by atoms with Crippen LogP contribution in [-0.4, -0.2) is 23.2 Å². The molecule has 0 aliphatic carbocycles. The molecule has 0 aliphatic heterocycles. The number of hydrogen-bond acceptors (Lipinski definition) is 3. The van der Waals surface area contributed by atoms with Gasteiger partial charge in [-0.1, -0.05) is 30.4 Å². The molecule has 0 atom stereocenters. The predicted octanol–water partition coefficient (Wildman–Crippen LogP) is 3.27. The fraction of sp³-hybridized carbons (Fsp3) is 0.143. The molecule has 2 aromatic rings. The van der Waals surface area contributed by atoms with Gasteiger partial charge < -0.3 is 10.3 Å². The maximum absolute atomic E-state index is 11.9. The number of carbonyl (C=O) groups excluding carboxylic acids is 1. The number of carbonyl (C=O) groups is 1. The second-order valence-corrected chi connectivity index (χ2v) is 5.41. The van der Waals surface area contributed by atoms with Gasteiger partial charge in [0.05, 0.1) is 5.56 Å². The van der Waals surface area contributed by atoms with E-state index in [1.807, 2.05) is 18.2 Å². The first-order chi connectivity index (χ1) is 9.27. The molecule has 0 saturated heterocycles. The molecule has 1 aromatic heterocycles. The van der Waals surface area contributed by atoms with Crippen LogP contribution in [0.15, 0.2) is 53.6 Å². The highest BCUT2D eigenvalue weighted by atomic mass is 32.2. The molecule has 2 N–H and O–H groups in total. The van der Waals surface area contributed by atoms with E-state index in [4.69, 9.17) is 12.2 Å². The Labute approximate surface area is 121 Å². The van der Waals surface area contributed by atoms with Gasteiger partial charge in [0.25, 0.3) is 5.91 Å². The van der Waals surface area contributed by atoms with Crippen molar-refractivity contribution < 1.29 is 4.79 Å². The van der Waals surface area contributed by atoms with E-state index < -0.39 is 0 Å². The van der Waals surface area contributed by atoms with Gasteiger partial charge in [0.2, 0.25) is 0 Å². The van der Waals surface area contributed by atoms with E-state index in [0.29, 0.717) is 16.7 Å². The molecule has 19 heavy (non-hydrogen) atoms. The van der Waals surface area contributed by atoms with Crippen LogP contribution in [-0.2, 0) is 0 Å². The topological polar surface area (TPSA) is 44.9 Å². The van der Waals surface area contributed by atoms with E-state index in [1.54, 1.807) is 30.1 Å². The van der Waals surface area contributed by atoms with E-state index in [-0.39, 0.29) is 5.91 Å². The molecule has 0 saturated carbocycles. The lowest BCUT2D eigenvalue weighted by molar-refractivity contribution is 0.0955. The Kier molecular flexibility index (Phi) is 5.18. The molecule has 0 spiro atoms. The fourth-order valence-corrected chi connectivity index (χ4v) is 2.56. The lowest BCUT2D eigenvalue weighted by Crippen LogP contribution is -2.26. The minimum Gasteiger partial charge on any atom is -0.352 e. The first kappa shape index (κ1) is 13.8. The van der Waals surface area contributed by atoms with Gasteiger partial charge in [-0.15, -0.1) is 11.8 Å². The molecule has 2 rings (SSSR count). The molecule has 1 aromatic carbocycles. The summed E-state index contributed by atoms with van der Waals surface area (Å²) in [6, 6.07) is 13.6. The zero-order chi connectivity index (χ0) is 13.5. The van der Waals surface area contributed by atoms with Gasteiger partial charge >= 0.3 is 0 Å². The molecule has 0 unspecified atom stereocenters. The Morgan fingerprint density at radius 1 is 1.21 bits per heavy atom. The summed E-state index contributed by atoms with van der Waals surface area (Å²) >= 11 is 6.78. The number of benzene rings is 1. The Bertz CT molecular complexity index is 596. The summed E-state index contributed by atoms with van der Waals surface area (Å²) in [6.07, 6.45) is 1.71. The van der Waals surface area contributed by atoms with Crippen LogP contribution in [0.3, 0.4) is 0 Å². The van der Waals surface area contributed by atoms with Crippen LogP contribution in [0.1, 0.15) is 10.4 Å². The van der Waals surface area contributed by atoms with Gasteiger partial charge in [0.15, 0.2) is 0 Å². The fourth-order valence-electron chi connectivity index (χ4n) is 1.55. The van der Waals surface area contributed by atoms with Gasteiger partial charge in [0, 0.05) is 23.4 Å². The van der Waals surface area contributed by atoms with E-state index >= 15 is 0 Å². The van der Waals surface area contributed by atoms with Crippen LogP contribution in [0.5, 0.6) is 0 Å². The normalized spacial score (nSPS) is 10.1. The number of rotatable bonds is 5.